The summed E-state index contributed by atoms with van der Waals surface area (Å²) in [5.41, 5.74) is 2.32. The molecule has 0 aliphatic heterocycles. The van der Waals surface area contributed by atoms with E-state index in [1.165, 1.54) is 48.5 Å². The minimum Gasteiger partial charge on any atom is -0.380 e. The van der Waals surface area contributed by atoms with Crippen LogP contribution >= 0.6 is 11.8 Å². The van der Waals surface area contributed by atoms with Gasteiger partial charge in [0.05, 0.1) is 11.5 Å². The molecule has 0 aliphatic carbocycles. The highest BCUT2D eigenvalue weighted by atomic mass is 32.2. The van der Waals surface area contributed by atoms with Crippen LogP contribution in [0.4, 0.5) is 14.5 Å². The van der Waals surface area contributed by atoms with E-state index in [9.17, 15) is 22.0 Å². The van der Waals surface area contributed by atoms with Crippen LogP contribution in [0.5, 0.6) is 0 Å². The minimum atomic E-state index is -3.98. The number of rotatable bonds is 10. The molecule has 0 heterocycles. The molecule has 3 rings (SSSR count). The number of thioether (sulfide) groups is 1. The van der Waals surface area contributed by atoms with Crippen LogP contribution in [0.3, 0.4) is 0 Å². The summed E-state index contributed by atoms with van der Waals surface area (Å²) in [5.74, 6) is -2.97. The van der Waals surface area contributed by atoms with Gasteiger partial charge in [-0.25, -0.2) is 8.42 Å². The molecule has 0 saturated heterocycles. The van der Waals surface area contributed by atoms with Gasteiger partial charge in [-0.05, 0) is 53.6 Å². The summed E-state index contributed by atoms with van der Waals surface area (Å²) in [6.07, 6.45) is 0. The summed E-state index contributed by atoms with van der Waals surface area (Å²) < 4.78 is 57.8. The normalized spacial score (nSPS) is 11.4. The van der Waals surface area contributed by atoms with Gasteiger partial charge in [0, 0.05) is 29.8 Å². The van der Waals surface area contributed by atoms with E-state index in [1.807, 2.05) is 24.3 Å². The minimum absolute atomic E-state index is 0.0925. The van der Waals surface area contributed by atoms with E-state index in [0.717, 1.165) is 11.1 Å². The van der Waals surface area contributed by atoms with Crippen LogP contribution in [0.25, 0.3) is 0 Å². The van der Waals surface area contributed by atoms with Crippen molar-refractivity contribution in [2.24, 2.45) is 0 Å². The van der Waals surface area contributed by atoms with Crippen LogP contribution in [0.15, 0.2) is 82.6 Å². The predicted octanol–water partition coefficient (Wildman–Crippen LogP) is 4.88. The Bertz CT molecular complexity index is 1190. The third-order valence-electron chi connectivity index (χ3n) is 4.53. The fourth-order valence-corrected chi connectivity index (χ4v) is 4.53. The van der Waals surface area contributed by atoms with E-state index in [4.69, 9.17) is 4.74 Å². The van der Waals surface area contributed by atoms with Crippen molar-refractivity contribution >= 4 is 33.4 Å². The molecule has 0 atom stereocenters. The van der Waals surface area contributed by atoms with Crippen LogP contribution < -0.4 is 10.0 Å². The second-order valence-electron chi connectivity index (χ2n) is 6.97. The molecule has 0 spiro atoms. The van der Waals surface area contributed by atoms with Gasteiger partial charge in [-0.3, -0.25) is 9.52 Å². The number of halogens is 2. The number of carbonyl (C=O) groups is 1. The van der Waals surface area contributed by atoms with Gasteiger partial charge in [0.15, 0.2) is 0 Å². The average Bonchev–Trinajstić information content (AvgIpc) is 2.79. The molecule has 3 aromatic carbocycles. The molecule has 3 aromatic rings. The Morgan fingerprint density at radius 1 is 1.00 bits per heavy atom. The van der Waals surface area contributed by atoms with E-state index in [2.05, 4.69) is 10.0 Å². The number of sulfonamides is 1. The molecule has 0 fully saturated rings. The lowest BCUT2D eigenvalue weighted by Gasteiger charge is -2.11. The molecule has 2 N–H and O–H groups in total. The number of hydrogen-bond donors (Lipinski definition) is 2. The maximum Gasteiger partial charge on any atom is 0.288 e. The van der Waals surface area contributed by atoms with Crippen LogP contribution in [0, 0.1) is 0 Å². The molecule has 0 aliphatic rings. The van der Waals surface area contributed by atoms with Gasteiger partial charge in [-0.15, -0.1) is 0 Å². The quantitative estimate of drug-likeness (QED) is 0.394. The first kappa shape index (κ1) is 24.7. The van der Waals surface area contributed by atoms with Crippen LogP contribution in [-0.2, 0) is 27.9 Å². The molecule has 10 heteroatoms. The molecule has 0 bridgehead atoms. The van der Waals surface area contributed by atoms with Crippen LogP contribution in [-0.4, -0.2) is 27.2 Å². The highest BCUT2D eigenvalue weighted by Crippen LogP contribution is 2.27. The van der Waals surface area contributed by atoms with Gasteiger partial charge in [0.1, 0.15) is 0 Å². The van der Waals surface area contributed by atoms with Crippen molar-refractivity contribution in [2.75, 3.05) is 11.8 Å². The molecule has 33 heavy (non-hydrogen) atoms. The van der Waals surface area contributed by atoms with Gasteiger partial charge < -0.3 is 10.1 Å². The Hall–Kier alpha value is -2.95. The second-order valence-corrected chi connectivity index (χ2v) is 9.71. The first-order chi connectivity index (χ1) is 15.8. The number of anilines is 1. The summed E-state index contributed by atoms with van der Waals surface area (Å²) in [6, 6.07) is 18.8. The molecule has 0 unspecified atom stereocenters. The number of benzene rings is 3. The van der Waals surface area contributed by atoms with Gasteiger partial charge in [-0.1, -0.05) is 42.1 Å². The Morgan fingerprint density at radius 3 is 2.30 bits per heavy atom. The van der Waals surface area contributed by atoms with E-state index in [0.29, 0.717) is 23.3 Å². The molecule has 1 amide bonds. The lowest BCUT2D eigenvalue weighted by Crippen LogP contribution is -2.23. The smallest absolute Gasteiger partial charge is 0.288 e. The largest absolute Gasteiger partial charge is 0.380 e. The molecular formula is C23H22F2N2O4S2. The first-order valence-corrected chi connectivity index (χ1v) is 12.2. The van der Waals surface area contributed by atoms with Crippen molar-refractivity contribution in [3.63, 3.8) is 0 Å². The summed E-state index contributed by atoms with van der Waals surface area (Å²) in [7, 11) is -2.36. The Kier molecular flexibility index (Phi) is 8.43. The summed E-state index contributed by atoms with van der Waals surface area (Å²) in [5, 5.41) is 2.77. The topological polar surface area (TPSA) is 84.5 Å². The zero-order chi connectivity index (χ0) is 23.8. The van der Waals surface area contributed by atoms with Crippen LogP contribution in [0.2, 0.25) is 0 Å². The fourth-order valence-electron chi connectivity index (χ4n) is 2.93. The van der Waals surface area contributed by atoms with Crippen molar-refractivity contribution in [3.8, 4) is 0 Å². The number of nitrogens with one attached hydrogen (secondary N) is 2. The van der Waals surface area contributed by atoms with Crippen molar-refractivity contribution in [1.29, 1.82) is 0 Å². The van der Waals surface area contributed by atoms with Gasteiger partial charge in [-0.2, -0.15) is 8.78 Å². The fraction of sp³-hybridized carbons (Fsp3) is 0.174. The molecule has 0 aromatic heterocycles. The van der Waals surface area contributed by atoms with E-state index in [-0.39, 0.29) is 22.7 Å². The van der Waals surface area contributed by atoms with E-state index in [1.54, 1.807) is 7.11 Å². The average molecular weight is 493 g/mol. The van der Waals surface area contributed by atoms with E-state index >= 15 is 0 Å². The molecular weight excluding hydrogens is 470 g/mol. The van der Waals surface area contributed by atoms with Crippen molar-refractivity contribution in [3.05, 3.63) is 89.5 Å². The standard InChI is InChI=1S/C23H22F2N2O4S2/c1-31-15-17-7-5-16(6-8-17)14-26-22(28)18-3-2-4-21(13-18)33(29,30)27-19-9-11-20(12-10-19)32-23(24)25/h2-13,23,27H,14-15H2,1H3,(H,26,28). The number of hydrogen-bond acceptors (Lipinski definition) is 5. The van der Waals surface area contributed by atoms with Gasteiger partial charge in [0.2, 0.25) is 0 Å². The third kappa shape index (κ3) is 7.28. The molecule has 0 radical (unpaired) electrons. The maximum absolute atomic E-state index is 12.7. The summed E-state index contributed by atoms with van der Waals surface area (Å²) in [6.45, 7) is 0.783. The Balaban J connectivity index is 1.65. The van der Waals surface area contributed by atoms with Crippen molar-refractivity contribution in [1.82, 2.24) is 5.32 Å². The lowest BCUT2D eigenvalue weighted by atomic mass is 10.1. The maximum atomic E-state index is 12.7. The predicted molar refractivity (Wildman–Crippen MR) is 124 cm³/mol. The van der Waals surface area contributed by atoms with E-state index < -0.39 is 21.7 Å². The Labute approximate surface area is 195 Å². The van der Waals surface area contributed by atoms with Crippen molar-refractivity contribution < 1.29 is 26.7 Å². The summed E-state index contributed by atoms with van der Waals surface area (Å²) >= 11 is 0.372. The van der Waals surface area contributed by atoms with Crippen LogP contribution in [0.1, 0.15) is 21.5 Å². The zero-order valence-corrected chi connectivity index (χ0v) is 19.3. The van der Waals surface area contributed by atoms with Crippen molar-refractivity contribution in [2.45, 2.75) is 28.7 Å². The highest BCUT2D eigenvalue weighted by Gasteiger charge is 2.17. The van der Waals surface area contributed by atoms with Gasteiger partial charge in [0.25, 0.3) is 21.7 Å². The Morgan fingerprint density at radius 2 is 1.67 bits per heavy atom. The number of amides is 1. The zero-order valence-electron chi connectivity index (χ0n) is 17.6. The highest BCUT2D eigenvalue weighted by molar-refractivity contribution is 7.99. The number of alkyl halides is 2. The second kappa shape index (κ2) is 11.3. The number of methoxy groups -OCH3 is 1. The van der Waals surface area contributed by atoms with Gasteiger partial charge >= 0.3 is 0 Å². The lowest BCUT2D eigenvalue weighted by molar-refractivity contribution is 0.0950. The summed E-state index contributed by atoms with van der Waals surface area (Å²) in [4.78, 5) is 12.8. The molecule has 0 saturated carbocycles. The monoisotopic (exact) mass is 492 g/mol. The molecule has 6 nitrogen and oxygen atoms in total. The SMILES string of the molecule is COCc1ccc(CNC(=O)c2cccc(S(=O)(=O)Nc3ccc(SC(F)F)cc3)c2)cc1. The third-order valence-corrected chi connectivity index (χ3v) is 6.63. The number of carbonyl (C=O) groups excluding carboxylic acids is 1. The first-order valence-electron chi connectivity index (χ1n) is 9.79. The molecule has 174 valence electrons. The number of ether oxygens (including phenoxy) is 1.